The van der Waals surface area contributed by atoms with Gasteiger partial charge in [-0.15, -0.1) is 0 Å². The summed E-state index contributed by atoms with van der Waals surface area (Å²) < 4.78 is 5.33. The van der Waals surface area contributed by atoms with Gasteiger partial charge in [-0.3, -0.25) is 0 Å². The number of fused-ring (bicyclic) bond motifs is 1. The summed E-state index contributed by atoms with van der Waals surface area (Å²) in [4.78, 5) is 3.13. The van der Waals surface area contributed by atoms with Crippen molar-refractivity contribution in [3.8, 4) is 5.75 Å². The molecule has 4 heteroatoms. The fourth-order valence-corrected chi connectivity index (χ4v) is 1.65. The van der Waals surface area contributed by atoms with Crippen molar-refractivity contribution in [2.24, 2.45) is 0 Å². The lowest BCUT2D eigenvalue weighted by Crippen LogP contribution is -1.97. The van der Waals surface area contributed by atoms with Gasteiger partial charge in [0.15, 0.2) is 0 Å². The molecule has 1 aromatic carbocycles. The van der Waals surface area contributed by atoms with E-state index in [9.17, 15) is 0 Å². The monoisotopic (exact) mass is 303 g/mol. The zero-order valence-corrected chi connectivity index (χ0v) is 9.80. The highest BCUT2D eigenvalue weighted by Crippen LogP contribution is 2.26. The van der Waals surface area contributed by atoms with Crippen molar-refractivity contribution >= 4 is 42.8 Å². The number of aromatic nitrogens is 1. The van der Waals surface area contributed by atoms with Crippen LogP contribution >= 0.6 is 31.9 Å². The van der Waals surface area contributed by atoms with Gasteiger partial charge in [0.05, 0.1) is 5.52 Å². The Hall–Kier alpha value is -0.480. The van der Waals surface area contributed by atoms with Gasteiger partial charge in [0.25, 0.3) is 0 Å². The summed E-state index contributed by atoms with van der Waals surface area (Å²) in [7, 11) is 0. The number of aromatic amines is 1. The molecule has 1 heterocycles. The van der Waals surface area contributed by atoms with E-state index in [1.165, 1.54) is 0 Å². The summed E-state index contributed by atoms with van der Waals surface area (Å²) in [6, 6.07) is 7.94. The first-order chi connectivity index (χ1) is 6.27. The number of ether oxygens (including phenoxy) is 1. The maximum atomic E-state index is 5.49. The maximum Gasteiger partial charge on any atom is 0.207 e. The summed E-state index contributed by atoms with van der Waals surface area (Å²) >= 11 is 6.53. The zero-order chi connectivity index (χ0) is 9.26. The third-order valence-electron chi connectivity index (χ3n) is 1.77. The number of hydrogen-bond donors (Lipinski definition) is 1. The summed E-state index contributed by atoms with van der Waals surface area (Å²) in [5.74, 6) is 0.834. The SMILES string of the molecule is BrC(Br)Oc1cccc2cc[nH]c12. The standard InChI is InChI=1S/C9H7Br2NO/c10-9(11)13-7-3-1-2-6-4-5-12-8(6)7/h1-5,9,12H. The lowest BCUT2D eigenvalue weighted by Gasteiger charge is -2.07. The molecule has 1 aromatic heterocycles. The number of H-pyrrole nitrogens is 1. The Morgan fingerprint density at radius 3 is 2.85 bits per heavy atom. The number of rotatable bonds is 2. The topological polar surface area (TPSA) is 25.0 Å². The number of para-hydroxylation sites is 1. The molecular formula is C9H7Br2NO. The number of hydrogen-bond acceptors (Lipinski definition) is 1. The third-order valence-corrected chi connectivity index (χ3v) is 2.14. The maximum absolute atomic E-state index is 5.49. The van der Waals surface area contributed by atoms with E-state index in [1.807, 2.05) is 30.5 Å². The molecule has 0 bridgehead atoms. The second-order valence-corrected chi connectivity index (χ2v) is 5.47. The van der Waals surface area contributed by atoms with Crippen LogP contribution in [0, 0.1) is 0 Å². The number of nitrogens with one attached hydrogen (secondary N) is 1. The van der Waals surface area contributed by atoms with Crippen LogP contribution in [0.2, 0.25) is 0 Å². The molecule has 2 nitrogen and oxygen atoms in total. The van der Waals surface area contributed by atoms with Gasteiger partial charge in [-0.05, 0) is 44.0 Å². The van der Waals surface area contributed by atoms with Crippen molar-refractivity contribution in [2.75, 3.05) is 0 Å². The van der Waals surface area contributed by atoms with Crippen molar-refractivity contribution in [3.63, 3.8) is 0 Å². The first-order valence-corrected chi connectivity index (χ1v) is 5.61. The van der Waals surface area contributed by atoms with E-state index in [2.05, 4.69) is 36.8 Å². The van der Waals surface area contributed by atoms with Gasteiger partial charge in [0.2, 0.25) is 3.92 Å². The van der Waals surface area contributed by atoms with Crippen LogP contribution in [-0.2, 0) is 0 Å². The van der Waals surface area contributed by atoms with E-state index in [4.69, 9.17) is 4.74 Å². The van der Waals surface area contributed by atoms with E-state index < -0.39 is 0 Å². The average Bonchev–Trinajstić information content (AvgIpc) is 2.51. The van der Waals surface area contributed by atoms with Gasteiger partial charge in [0.1, 0.15) is 5.75 Å². The number of alkyl halides is 2. The Bertz CT molecular complexity index is 411. The minimum absolute atomic E-state index is 0.158. The first kappa shape index (κ1) is 9.09. The Labute approximate surface area is 92.5 Å². The minimum atomic E-state index is -0.158. The lowest BCUT2D eigenvalue weighted by molar-refractivity contribution is 0.380. The van der Waals surface area contributed by atoms with Crippen molar-refractivity contribution < 1.29 is 4.74 Å². The lowest BCUT2D eigenvalue weighted by atomic mass is 10.2. The van der Waals surface area contributed by atoms with Crippen LogP contribution in [0.3, 0.4) is 0 Å². The van der Waals surface area contributed by atoms with Gasteiger partial charge in [-0.2, -0.15) is 0 Å². The summed E-state index contributed by atoms with van der Waals surface area (Å²) in [5.41, 5.74) is 1.02. The predicted molar refractivity (Wildman–Crippen MR) is 60.6 cm³/mol. The van der Waals surface area contributed by atoms with E-state index in [0.29, 0.717) is 0 Å². The van der Waals surface area contributed by atoms with E-state index in [1.54, 1.807) is 0 Å². The van der Waals surface area contributed by atoms with Crippen molar-refractivity contribution in [1.82, 2.24) is 4.98 Å². The Balaban J connectivity index is 2.48. The molecule has 0 aliphatic heterocycles. The zero-order valence-electron chi connectivity index (χ0n) is 6.63. The van der Waals surface area contributed by atoms with E-state index in [-0.39, 0.29) is 3.92 Å². The molecule has 0 radical (unpaired) electrons. The highest BCUT2D eigenvalue weighted by molar-refractivity contribution is 9.24. The molecule has 0 atom stereocenters. The van der Waals surface area contributed by atoms with Crippen LogP contribution in [-0.4, -0.2) is 8.91 Å². The van der Waals surface area contributed by atoms with Crippen LogP contribution in [0.5, 0.6) is 5.75 Å². The average molecular weight is 305 g/mol. The van der Waals surface area contributed by atoms with Gasteiger partial charge < -0.3 is 9.72 Å². The summed E-state index contributed by atoms with van der Waals surface area (Å²) in [6.07, 6.45) is 1.90. The molecule has 0 aliphatic rings. The van der Waals surface area contributed by atoms with Crippen molar-refractivity contribution in [1.29, 1.82) is 0 Å². The molecule has 0 amide bonds. The third kappa shape index (κ3) is 1.89. The first-order valence-electron chi connectivity index (χ1n) is 3.78. The van der Waals surface area contributed by atoms with Crippen LogP contribution < -0.4 is 4.74 Å². The van der Waals surface area contributed by atoms with Crippen LogP contribution in [0.25, 0.3) is 10.9 Å². The second kappa shape index (κ2) is 3.72. The fraction of sp³-hybridized carbons (Fsp3) is 0.111. The molecule has 13 heavy (non-hydrogen) atoms. The van der Waals surface area contributed by atoms with Crippen LogP contribution in [0.1, 0.15) is 0 Å². The number of benzene rings is 1. The molecule has 0 spiro atoms. The van der Waals surface area contributed by atoms with Crippen LogP contribution in [0.15, 0.2) is 30.5 Å². The normalized spacial score (nSPS) is 11.0. The Morgan fingerprint density at radius 1 is 1.23 bits per heavy atom. The summed E-state index contributed by atoms with van der Waals surface area (Å²) in [5, 5.41) is 1.15. The van der Waals surface area contributed by atoms with E-state index in [0.717, 1.165) is 16.7 Å². The van der Waals surface area contributed by atoms with Crippen molar-refractivity contribution in [2.45, 2.75) is 3.92 Å². The molecule has 0 aliphatic carbocycles. The fourth-order valence-electron chi connectivity index (χ4n) is 1.25. The predicted octanol–water partition coefficient (Wildman–Crippen LogP) is 3.62. The van der Waals surface area contributed by atoms with Gasteiger partial charge in [-0.25, -0.2) is 0 Å². The van der Waals surface area contributed by atoms with Gasteiger partial charge in [0, 0.05) is 11.6 Å². The van der Waals surface area contributed by atoms with E-state index >= 15 is 0 Å². The quantitative estimate of drug-likeness (QED) is 0.842. The molecule has 2 aromatic rings. The highest BCUT2D eigenvalue weighted by Gasteiger charge is 2.05. The van der Waals surface area contributed by atoms with Gasteiger partial charge in [-0.1, -0.05) is 12.1 Å². The number of halogens is 2. The van der Waals surface area contributed by atoms with Gasteiger partial charge >= 0.3 is 0 Å². The Morgan fingerprint density at radius 2 is 2.08 bits per heavy atom. The molecule has 1 N–H and O–H groups in total. The second-order valence-electron chi connectivity index (χ2n) is 2.58. The van der Waals surface area contributed by atoms with Crippen LogP contribution in [0.4, 0.5) is 0 Å². The summed E-state index contributed by atoms with van der Waals surface area (Å²) in [6.45, 7) is 0. The molecule has 0 fully saturated rings. The molecule has 0 saturated carbocycles. The van der Waals surface area contributed by atoms with Crippen molar-refractivity contribution in [3.05, 3.63) is 30.5 Å². The smallest absolute Gasteiger partial charge is 0.207 e. The minimum Gasteiger partial charge on any atom is -0.466 e. The largest absolute Gasteiger partial charge is 0.466 e. The molecule has 0 unspecified atom stereocenters. The molecular weight excluding hydrogens is 298 g/mol. The molecule has 0 saturated heterocycles. The molecule has 2 rings (SSSR count). The highest BCUT2D eigenvalue weighted by atomic mass is 79.9. The molecule has 68 valence electrons. The Kier molecular flexibility index (Phi) is 2.60.